The van der Waals surface area contributed by atoms with Crippen LogP contribution in [0.5, 0.6) is 0 Å². The molecule has 7 heteroatoms. The van der Waals surface area contributed by atoms with Crippen molar-refractivity contribution in [3.8, 4) is 22.5 Å². The van der Waals surface area contributed by atoms with E-state index in [1.165, 1.54) is 6.39 Å². The minimum atomic E-state index is -0.0503. The Bertz CT molecular complexity index is 1170. The molecule has 0 radical (unpaired) electrons. The van der Waals surface area contributed by atoms with E-state index in [0.717, 1.165) is 40.1 Å². The van der Waals surface area contributed by atoms with Crippen LogP contribution >= 0.6 is 0 Å². The van der Waals surface area contributed by atoms with Crippen LogP contribution < -0.4 is 4.90 Å². The third kappa shape index (κ3) is 3.39. The lowest BCUT2D eigenvalue weighted by molar-refractivity contribution is -0.120. The number of hydrogen-bond acceptors (Lipinski definition) is 5. The normalized spacial score (nSPS) is 16.4. The molecule has 1 saturated heterocycles. The first-order valence-electron chi connectivity index (χ1n) is 9.95. The van der Waals surface area contributed by atoms with Gasteiger partial charge in [0.15, 0.2) is 12.2 Å². The van der Waals surface area contributed by atoms with E-state index < -0.39 is 0 Å². The summed E-state index contributed by atoms with van der Waals surface area (Å²) in [5.41, 5.74) is 4.97. The summed E-state index contributed by atoms with van der Waals surface area (Å²) < 4.78 is 5.39. The lowest BCUT2D eigenvalue weighted by Gasteiger charge is -2.17. The topological polar surface area (TPSA) is 87.9 Å². The first-order valence-corrected chi connectivity index (χ1v) is 9.95. The molecule has 1 amide bonds. The van der Waals surface area contributed by atoms with Crippen LogP contribution in [0.4, 0.5) is 5.82 Å². The lowest BCUT2D eigenvalue weighted by atomic mass is 9.96. The fraction of sp³-hybridized carbons (Fsp3) is 0.217. The van der Waals surface area contributed by atoms with Crippen molar-refractivity contribution in [2.75, 3.05) is 11.4 Å². The molecule has 4 heterocycles. The Morgan fingerprint density at radius 2 is 2.13 bits per heavy atom. The number of carbonyl (C=O) groups excluding carboxylic acids is 1. The summed E-state index contributed by atoms with van der Waals surface area (Å²) in [6.45, 7) is 2.64. The maximum Gasteiger partial charge on any atom is 0.231 e. The average molecular weight is 399 g/mol. The standard InChI is InChI=1S/C23H21N5O2/c1-15-20(19-11-25-26-12-19)5-6-22(27-15)28-8-7-18(23(28)29)10-16-3-2-4-17(9-16)21-13-24-14-30-21/h2-6,9,11-14,18H,7-8,10H2,1H3,(H,25,26). The molecular formula is C23H21N5O2. The van der Waals surface area contributed by atoms with E-state index in [-0.39, 0.29) is 11.8 Å². The van der Waals surface area contributed by atoms with Crippen molar-refractivity contribution in [3.63, 3.8) is 0 Å². The summed E-state index contributed by atoms with van der Waals surface area (Å²) >= 11 is 0. The fourth-order valence-electron chi connectivity index (χ4n) is 4.05. The summed E-state index contributed by atoms with van der Waals surface area (Å²) in [4.78, 5) is 23.6. The predicted molar refractivity (Wildman–Crippen MR) is 113 cm³/mol. The number of nitrogens with one attached hydrogen (secondary N) is 1. The zero-order valence-corrected chi connectivity index (χ0v) is 16.6. The van der Waals surface area contributed by atoms with Crippen molar-refractivity contribution in [3.05, 3.63) is 72.6 Å². The van der Waals surface area contributed by atoms with Gasteiger partial charge in [-0.15, -0.1) is 0 Å². The van der Waals surface area contributed by atoms with Gasteiger partial charge in [-0.3, -0.25) is 14.8 Å². The van der Waals surface area contributed by atoms with Crippen LogP contribution in [0.25, 0.3) is 22.5 Å². The van der Waals surface area contributed by atoms with Gasteiger partial charge in [0, 0.05) is 41.0 Å². The van der Waals surface area contributed by atoms with E-state index in [0.29, 0.717) is 18.8 Å². The van der Waals surface area contributed by atoms with Crippen molar-refractivity contribution in [2.45, 2.75) is 19.8 Å². The van der Waals surface area contributed by atoms with Gasteiger partial charge in [-0.25, -0.2) is 9.97 Å². The number of nitrogens with zero attached hydrogens (tertiary/aromatic N) is 4. The molecule has 4 aromatic rings. The van der Waals surface area contributed by atoms with Gasteiger partial charge >= 0.3 is 0 Å². The highest BCUT2D eigenvalue weighted by Crippen LogP contribution is 2.30. The quantitative estimate of drug-likeness (QED) is 0.547. The molecule has 30 heavy (non-hydrogen) atoms. The second-order valence-corrected chi connectivity index (χ2v) is 7.54. The molecule has 1 fully saturated rings. The van der Waals surface area contributed by atoms with E-state index in [9.17, 15) is 4.79 Å². The van der Waals surface area contributed by atoms with E-state index in [1.54, 1.807) is 17.3 Å². The van der Waals surface area contributed by atoms with Crippen LogP contribution in [0.15, 0.2) is 65.8 Å². The van der Waals surface area contributed by atoms with Gasteiger partial charge in [0.2, 0.25) is 5.91 Å². The maximum absolute atomic E-state index is 13.1. The Hall–Kier alpha value is -3.74. The minimum Gasteiger partial charge on any atom is -0.444 e. The van der Waals surface area contributed by atoms with E-state index >= 15 is 0 Å². The van der Waals surface area contributed by atoms with Crippen LogP contribution in [0.1, 0.15) is 17.7 Å². The van der Waals surface area contributed by atoms with Gasteiger partial charge in [0.1, 0.15) is 5.82 Å². The van der Waals surface area contributed by atoms with E-state index in [2.05, 4.69) is 27.3 Å². The van der Waals surface area contributed by atoms with Crippen LogP contribution in [-0.4, -0.2) is 32.6 Å². The Labute approximate surface area is 173 Å². The van der Waals surface area contributed by atoms with E-state index in [4.69, 9.17) is 9.40 Å². The average Bonchev–Trinajstić information content (AvgIpc) is 3.52. The number of aromatic nitrogens is 4. The van der Waals surface area contributed by atoms with Crippen LogP contribution in [-0.2, 0) is 11.2 Å². The van der Waals surface area contributed by atoms with Crippen LogP contribution in [0.3, 0.4) is 0 Å². The van der Waals surface area contributed by atoms with Crippen molar-refractivity contribution in [1.82, 2.24) is 20.2 Å². The molecule has 1 aromatic carbocycles. The number of rotatable bonds is 5. The third-order valence-corrected chi connectivity index (χ3v) is 5.60. The maximum atomic E-state index is 13.1. The third-order valence-electron chi connectivity index (χ3n) is 5.60. The smallest absolute Gasteiger partial charge is 0.231 e. The number of pyridine rings is 1. The lowest BCUT2D eigenvalue weighted by Crippen LogP contribution is -2.28. The molecule has 0 saturated carbocycles. The summed E-state index contributed by atoms with van der Waals surface area (Å²) in [5.74, 6) is 1.52. The van der Waals surface area contributed by atoms with Gasteiger partial charge in [-0.2, -0.15) is 5.10 Å². The van der Waals surface area contributed by atoms with Gasteiger partial charge in [0.05, 0.1) is 12.4 Å². The number of benzene rings is 1. The summed E-state index contributed by atoms with van der Waals surface area (Å²) in [6.07, 6.45) is 8.25. The van der Waals surface area contributed by atoms with Crippen molar-refractivity contribution < 1.29 is 9.21 Å². The number of aryl methyl sites for hydroxylation is 1. The second kappa shape index (κ2) is 7.59. The van der Waals surface area contributed by atoms with Crippen LogP contribution in [0.2, 0.25) is 0 Å². The first-order chi connectivity index (χ1) is 14.7. The second-order valence-electron chi connectivity index (χ2n) is 7.54. The van der Waals surface area contributed by atoms with Crippen molar-refractivity contribution >= 4 is 11.7 Å². The minimum absolute atomic E-state index is 0.0503. The summed E-state index contributed by atoms with van der Waals surface area (Å²) in [7, 11) is 0. The number of carbonyl (C=O) groups is 1. The number of oxazole rings is 1. The number of amides is 1. The van der Waals surface area contributed by atoms with Gasteiger partial charge in [0.25, 0.3) is 0 Å². The predicted octanol–water partition coefficient (Wildman–Crippen LogP) is 4.03. The number of anilines is 1. The van der Waals surface area contributed by atoms with Gasteiger partial charge < -0.3 is 4.42 Å². The highest BCUT2D eigenvalue weighted by Gasteiger charge is 2.33. The molecule has 5 rings (SSSR count). The molecule has 0 spiro atoms. The fourth-order valence-corrected chi connectivity index (χ4v) is 4.05. The van der Waals surface area contributed by atoms with E-state index in [1.807, 2.05) is 37.4 Å². The van der Waals surface area contributed by atoms with Gasteiger partial charge in [-0.05, 0) is 43.5 Å². The van der Waals surface area contributed by atoms with Gasteiger partial charge in [-0.1, -0.05) is 18.2 Å². The Kier molecular flexibility index (Phi) is 4.63. The zero-order chi connectivity index (χ0) is 20.5. The number of aromatic amines is 1. The number of hydrogen-bond donors (Lipinski definition) is 1. The monoisotopic (exact) mass is 399 g/mol. The molecule has 1 aliphatic rings. The molecule has 150 valence electrons. The van der Waals surface area contributed by atoms with Crippen molar-refractivity contribution in [1.29, 1.82) is 0 Å². The Morgan fingerprint density at radius 1 is 1.20 bits per heavy atom. The summed E-state index contributed by atoms with van der Waals surface area (Å²) in [5, 5.41) is 6.82. The Morgan fingerprint density at radius 3 is 2.90 bits per heavy atom. The first kappa shape index (κ1) is 18.3. The molecule has 7 nitrogen and oxygen atoms in total. The zero-order valence-electron chi connectivity index (χ0n) is 16.6. The SMILES string of the molecule is Cc1nc(N2CCC(Cc3cccc(-c4cnco4)c3)C2=O)ccc1-c1cn[nH]c1. The molecule has 3 aromatic heterocycles. The molecule has 0 bridgehead atoms. The molecule has 1 atom stereocenters. The molecule has 1 N–H and O–H groups in total. The largest absolute Gasteiger partial charge is 0.444 e. The molecule has 1 unspecified atom stereocenters. The van der Waals surface area contributed by atoms with Crippen LogP contribution in [0, 0.1) is 12.8 Å². The molecule has 1 aliphatic heterocycles. The Balaban J connectivity index is 1.32. The molecular weight excluding hydrogens is 378 g/mol. The van der Waals surface area contributed by atoms with Crippen molar-refractivity contribution in [2.24, 2.45) is 5.92 Å². The highest BCUT2D eigenvalue weighted by molar-refractivity contribution is 5.96. The summed E-state index contributed by atoms with van der Waals surface area (Å²) in [6, 6.07) is 12.0. The molecule has 0 aliphatic carbocycles. The number of H-pyrrole nitrogens is 1. The highest BCUT2D eigenvalue weighted by atomic mass is 16.3.